The first kappa shape index (κ1) is 15.0. The van der Waals surface area contributed by atoms with E-state index in [9.17, 15) is 0 Å². The van der Waals surface area contributed by atoms with E-state index in [4.69, 9.17) is 0 Å². The summed E-state index contributed by atoms with van der Waals surface area (Å²) in [7, 11) is 6.49. The number of nitrogens with zero attached hydrogens (tertiary/aromatic N) is 2. The summed E-state index contributed by atoms with van der Waals surface area (Å²) in [5, 5.41) is 3.58. The molecule has 19 heavy (non-hydrogen) atoms. The molecule has 4 heteroatoms. The van der Waals surface area contributed by atoms with Crippen molar-refractivity contribution in [2.75, 3.05) is 34.2 Å². The van der Waals surface area contributed by atoms with Crippen LogP contribution in [0, 0.1) is 0 Å². The normalized spacial score (nSPS) is 15.6. The SMILES string of the molecule is CN(C)CCCN(C)Cc1ccc(CNC2CC2)s1. The summed E-state index contributed by atoms with van der Waals surface area (Å²) < 4.78 is 0. The van der Waals surface area contributed by atoms with E-state index >= 15 is 0 Å². The molecule has 3 nitrogen and oxygen atoms in total. The Balaban J connectivity index is 1.66. The van der Waals surface area contributed by atoms with Gasteiger partial charge in [-0.3, -0.25) is 0 Å². The molecule has 1 aliphatic rings. The van der Waals surface area contributed by atoms with Crippen molar-refractivity contribution in [1.82, 2.24) is 15.1 Å². The van der Waals surface area contributed by atoms with E-state index in [1.165, 1.54) is 42.1 Å². The van der Waals surface area contributed by atoms with Gasteiger partial charge < -0.3 is 15.1 Å². The highest BCUT2D eigenvalue weighted by atomic mass is 32.1. The molecule has 1 heterocycles. The molecule has 1 aromatic heterocycles. The molecule has 2 rings (SSSR count). The van der Waals surface area contributed by atoms with Gasteiger partial charge in [-0.05, 0) is 65.6 Å². The minimum Gasteiger partial charge on any atom is -0.309 e. The van der Waals surface area contributed by atoms with Crippen molar-refractivity contribution in [3.63, 3.8) is 0 Å². The van der Waals surface area contributed by atoms with Crippen LogP contribution in [0.5, 0.6) is 0 Å². The summed E-state index contributed by atoms with van der Waals surface area (Å²) in [5.41, 5.74) is 0. The molecule has 108 valence electrons. The summed E-state index contributed by atoms with van der Waals surface area (Å²) in [5.74, 6) is 0. The van der Waals surface area contributed by atoms with Gasteiger partial charge >= 0.3 is 0 Å². The van der Waals surface area contributed by atoms with Gasteiger partial charge in [-0.25, -0.2) is 0 Å². The lowest BCUT2D eigenvalue weighted by molar-refractivity contribution is 0.296. The molecule has 0 aromatic carbocycles. The molecular formula is C15H27N3S. The second kappa shape index (κ2) is 7.39. The Labute approximate surface area is 121 Å². The van der Waals surface area contributed by atoms with Crippen molar-refractivity contribution in [2.24, 2.45) is 0 Å². The quantitative estimate of drug-likeness (QED) is 0.750. The average molecular weight is 281 g/mol. The summed E-state index contributed by atoms with van der Waals surface area (Å²) in [6.07, 6.45) is 3.98. The highest BCUT2D eigenvalue weighted by Gasteiger charge is 2.20. The zero-order valence-electron chi connectivity index (χ0n) is 12.5. The van der Waals surface area contributed by atoms with E-state index in [0.29, 0.717) is 0 Å². The number of thiophene rings is 1. The molecule has 1 fully saturated rings. The van der Waals surface area contributed by atoms with Gasteiger partial charge in [0.15, 0.2) is 0 Å². The van der Waals surface area contributed by atoms with Crippen molar-refractivity contribution in [3.8, 4) is 0 Å². The Hall–Kier alpha value is -0.420. The molecule has 0 spiro atoms. The van der Waals surface area contributed by atoms with E-state index in [2.05, 4.69) is 48.4 Å². The number of hydrogen-bond acceptors (Lipinski definition) is 4. The standard InChI is InChI=1S/C15H27N3S/c1-17(2)9-4-10-18(3)12-15-8-7-14(19-15)11-16-13-5-6-13/h7-8,13,16H,4-6,9-12H2,1-3H3. The zero-order chi connectivity index (χ0) is 13.7. The first-order chi connectivity index (χ1) is 9.13. The van der Waals surface area contributed by atoms with E-state index in [1.54, 1.807) is 0 Å². The van der Waals surface area contributed by atoms with Crippen LogP contribution in [0.15, 0.2) is 12.1 Å². The molecule has 0 saturated heterocycles. The molecule has 0 amide bonds. The lowest BCUT2D eigenvalue weighted by Crippen LogP contribution is -2.23. The van der Waals surface area contributed by atoms with E-state index in [1.807, 2.05) is 11.3 Å². The third-order valence-corrected chi connectivity index (χ3v) is 4.50. The third kappa shape index (κ3) is 6.04. The van der Waals surface area contributed by atoms with Crippen LogP contribution < -0.4 is 5.32 Å². The van der Waals surface area contributed by atoms with Crippen molar-refractivity contribution < 1.29 is 0 Å². The van der Waals surface area contributed by atoms with Gasteiger partial charge in [0.2, 0.25) is 0 Å². The van der Waals surface area contributed by atoms with Crippen LogP contribution in [-0.2, 0) is 13.1 Å². The van der Waals surface area contributed by atoms with E-state index < -0.39 is 0 Å². The minimum absolute atomic E-state index is 0.805. The van der Waals surface area contributed by atoms with Crippen LogP contribution in [0.25, 0.3) is 0 Å². The Kier molecular flexibility index (Phi) is 5.82. The number of rotatable bonds is 9. The van der Waals surface area contributed by atoms with Crippen LogP contribution in [0.1, 0.15) is 29.0 Å². The first-order valence-corrected chi connectivity index (χ1v) is 8.09. The smallest absolute Gasteiger partial charge is 0.0324 e. The molecule has 1 saturated carbocycles. The lowest BCUT2D eigenvalue weighted by atomic mass is 10.3. The van der Waals surface area contributed by atoms with Crippen molar-refractivity contribution >= 4 is 11.3 Å². The van der Waals surface area contributed by atoms with E-state index in [-0.39, 0.29) is 0 Å². The van der Waals surface area contributed by atoms with Crippen molar-refractivity contribution in [3.05, 3.63) is 21.9 Å². The second-order valence-electron chi connectivity index (χ2n) is 5.92. The van der Waals surface area contributed by atoms with Gasteiger partial charge in [-0.15, -0.1) is 11.3 Å². The minimum atomic E-state index is 0.805. The highest BCUT2D eigenvalue weighted by Crippen LogP contribution is 2.22. The topological polar surface area (TPSA) is 18.5 Å². The fraction of sp³-hybridized carbons (Fsp3) is 0.733. The van der Waals surface area contributed by atoms with Crippen LogP contribution in [0.2, 0.25) is 0 Å². The molecule has 0 radical (unpaired) electrons. The predicted molar refractivity (Wildman–Crippen MR) is 83.7 cm³/mol. The van der Waals surface area contributed by atoms with Crippen LogP contribution >= 0.6 is 11.3 Å². The van der Waals surface area contributed by atoms with Crippen LogP contribution in [-0.4, -0.2) is 50.1 Å². The molecule has 0 atom stereocenters. The van der Waals surface area contributed by atoms with E-state index in [0.717, 1.165) is 19.1 Å². The second-order valence-corrected chi connectivity index (χ2v) is 7.17. The largest absolute Gasteiger partial charge is 0.309 e. The highest BCUT2D eigenvalue weighted by molar-refractivity contribution is 7.11. The average Bonchev–Trinajstić information content (AvgIpc) is 3.07. The Bertz CT molecular complexity index is 371. The first-order valence-electron chi connectivity index (χ1n) is 7.28. The number of hydrogen-bond donors (Lipinski definition) is 1. The summed E-state index contributed by atoms with van der Waals surface area (Å²) >= 11 is 1.96. The monoisotopic (exact) mass is 281 g/mol. The van der Waals surface area contributed by atoms with Gasteiger partial charge in [0, 0.05) is 28.9 Å². The molecule has 1 aliphatic carbocycles. The van der Waals surface area contributed by atoms with Crippen molar-refractivity contribution in [1.29, 1.82) is 0 Å². The third-order valence-electron chi connectivity index (χ3n) is 3.43. The van der Waals surface area contributed by atoms with Crippen LogP contribution in [0.3, 0.4) is 0 Å². The Morgan fingerprint density at radius 3 is 2.58 bits per heavy atom. The van der Waals surface area contributed by atoms with Gasteiger partial charge in [0.25, 0.3) is 0 Å². The van der Waals surface area contributed by atoms with Crippen LogP contribution in [0.4, 0.5) is 0 Å². The summed E-state index contributed by atoms with van der Waals surface area (Å²) in [4.78, 5) is 7.64. The fourth-order valence-electron chi connectivity index (χ4n) is 2.14. The maximum atomic E-state index is 3.58. The summed E-state index contributed by atoms with van der Waals surface area (Å²) in [6, 6.07) is 5.37. The van der Waals surface area contributed by atoms with Crippen molar-refractivity contribution in [2.45, 2.75) is 38.4 Å². The number of nitrogens with one attached hydrogen (secondary N) is 1. The van der Waals surface area contributed by atoms with Gasteiger partial charge in [0.05, 0.1) is 0 Å². The Morgan fingerprint density at radius 1 is 1.16 bits per heavy atom. The molecule has 0 bridgehead atoms. The van der Waals surface area contributed by atoms with Gasteiger partial charge in [0.1, 0.15) is 0 Å². The molecule has 0 unspecified atom stereocenters. The fourth-order valence-corrected chi connectivity index (χ4v) is 3.19. The summed E-state index contributed by atoms with van der Waals surface area (Å²) in [6.45, 7) is 4.48. The lowest BCUT2D eigenvalue weighted by Gasteiger charge is -2.17. The molecular weight excluding hydrogens is 254 g/mol. The van der Waals surface area contributed by atoms with Gasteiger partial charge in [-0.2, -0.15) is 0 Å². The van der Waals surface area contributed by atoms with Gasteiger partial charge in [-0.1, -0.05) is 0 Å². The molecule has 1 aromatic rings. The molecule has 1 N–H and O–H groups in total. The predicted octanol–water partition coefficient (Wildman–Crippen LogP) is 2.38. The Morgan fingerprint density at radius 2 is 1.89 bits per heavy atom. The zero-order valence-corrected chi connectivity index (χ0v) is 13.3. The maximum Gasteiger partial charge on any atom is 0.0324 e. The molecule has 0 aliphatic heterocycles. The maximum absolute atomic E-state index is 3.58.